The highest BCUT2D eigenvalue weighted by Gasteiger charge is 2.21. The second-order valence-electron chi connectivity index (χ2n) is 11.6. The van der Waals surface area contributed by atoms with Gasteiger partial charge >= 0.3 is 0 Å². The van der Waals surface area contributed by atoms with Crippen molar-refractivity contribution in [1.29, 1.82) is 0 Å². The van der Waals surface area contributed by atoms with E-state index in [4.69, 9.17) is 9.40 Å². The first-order valence-electron chi connectivity index (χ1n) is 15.7. The predicted molar refractivity (Wildman–Crippen MR) is 198 cm³/mol. The third kappa shape index (κ3) is 4.87. The Hall–Kier alpha value is -5.97. The Morgan fingerprint density at radius 1 is 0.489 bits per heavy atom. The second kappa shape index (κ2) is 11.4. The molecule has 0 bridgehead atoms. The van der Waals surface area contributed by atoms with Crippen molar-refractivity contribution in [2.24, 2.45) is 0 Å². The van der Waals surface area contributed by atoms with Crippen LogP contribution < -0.4 is 4.90 Å². The number of benzene rings is 7. The van der Waals surface area contributed by atoms with Gasteiger partial charge in [-0.05, 0) is 76.9 Å². The summed E-state index contributed by atoms with van der Waals surface area (Å²) in [5, 5.41) is 2.30. The number of fused-ring (bicyclic) bond motifs is 5. The van der Waals surface area contributed by atoms with Gasteiger partial charge in [0.05, 0.1) is 10.4 Å². The van der Waals surface area contributed by atoms with Crippen molar-refractivity contribution in [3.05, 3.63) is 170 Å². The summed E-state index contributed by atoms with van der Waals surface area (Å²) in [6, 6.07) is 59.7. The first kappa shape index (κ1) is 27.3. The highest BCUT2D eigenvalue weighted by Crippen LogP contribution is 2.47. The van der Waals surface area contributed by atoms with Gasteiger partial charge in [0.25, 0.3) is 0 Å². The van der Waals surface area contributed by atoms with Crippen LogP contribution in [0, 0.1) is 0 Å². The lowest BCUT2D eigenvalue weighted by Gasteiger charge is -2.27. The van der Waals surface area contributed by atoms with E-state index in [0.29, 0.717) is 5.89 Å². The van der Waals surface area contributed by atoms with Crippen LogP contribution in [-0.2, 0) is 0 Å². The average Bonchev–Trinajstić information content (AvgIpc) is 3.76. The molecule has 0 unspecified atom stereocenters. The molecule has 0 aliphatic rings. The van der Waals surface area contributed by atoms with Crippen LogP contribution >= 0.6 is 11.3 Å². The molecule has 47 heavy (non-hydrogen) atoms. The summed E-state index contributed by atoms with van der Waals surface area (Å²) in [7, 11) is 0. The molecule has 9 aromatic rings. The van der Waals surface area contributed by atoms with Gasteiger partial charge < -0.3 is 9.32 Å². The summed E-state index contributed by atoms with van der Waals surface area (Å²) in [5.74, 6) is 0.640. The molecule has 0 saturated heterocycles. The van der Waals surface area contributed by atoms with Crippen LogP contribution in [0.4, 0.5) is 17.1 Å². The summed E-state index contributed by atoms with van der Waals surface area (Å²) in [5.41, 5.74) is 10.7. The zero-order valence-electron chi connectivity index (χ0n) is 25.4. The van der Waals surface area contributed by atoms with Gasteiger partial charge in [0.1, 0.15) is 5.52 Å². The van der Waals surface area contributed by atoms with Gasteiger partial charge in [0.2, 0.25) is 5.89 Å². The predicted octanol–water partition coefficient (Wildman–Crippen LogP) is 12.7. The van der Waals surface area contributed by atoms with Crippen molar-refractivity contribution in [3.63, 3.8) is 0 Å². The molecule has 2 aromatic heterocycles. The van der Waals surface area contributed by atoms with E-state index >= 15 is 0 Å². The Labute approximate surface area is 276 Å². The standard InChI is InChI=1S/C43H28N2OS/c1-4-12-29(13-5-1)31-22-24-34(25-23-31)45(35-19-10-18-33(28-35)30-14-6-2-7-15-30)37-21-11-20-36-40-39(47-42(36)37)27-26-38-41(40)44-43(46-38)32-16-8-3-9-17-32/h1-28H. The molecule has 0 atom stereocenters. The number of hydrogen-bond donors (Lipinski definition) is 0. The number of hydrogen-bond acceptors (Lipinski definition) is 4. The number of aromatic nitrogens is 1. The summed E-state index contributed by atoms with van der Waals surface area (Å²) >= 11 is 1.80. The quantitative estimate of drug-likeness (QED) is 0.185. The molecule has 0 aliphatic carbocycles. The molecule has 0 aliphatic heterocycles. The molecule has 0 fully saturated rings. The Balaban J connectivity index is 1.25. The van der Waals surface area contributed by atoms with Crippen molar-refractivity contribution >= 4 is 59.7 Å². The largest absolute Gasteiger partial charge is 0.436 e. The summed E-state index contributed by atoms with van der Waals surface area (Å²) in [6.45, 7) is 0. The fourth-order valence-corrected chi connectivity index (χ4v) is 7.66. The van der Waals surface area contributed by atoms with Crippen LogP contribution in [0.1, 0.15) is 0 Å². The molecule has 0 saturated carbocycles. The number of oxazole rings is 1. The Bertz CT molecular complexity index is 2500. The lowest BCUT2D eigenvalue weighted by Crippen LogP contribution is -2.10. The number of rotatable bonds is 6. The lowest BCUT2D eigenvalue weighted by atomic mass is 10.0. The Morgan fingerprint density at radius 3 is 1.83 bits per heavy atom. The minimum atomic E-state index is 0.640. The summed E-state index contributed by atoms with van der Waals surface area (Å²) < 4.78 is 8.67. The molecule has 0 radical (unpaired) electrons. The third-order valence-electron chi connectivity index (χ3n) is 8.70. The van der Waals surface area contributed by atoms with Crippen molar-refractivity contribution in [2.45, 2.75) is 0 Å². The molecular weight excluding hydrogens is 593 g/mol. The summed E-state index contributed by atoms with van der Waals surface area (Å²) in [4.78, 5) is 7.42. The fraction of sp³-hybridized carbons (Fsp3) is 0. The molecule has 2 heterocycles. The van der Waals surface area contributed by atoms with Gasteiger partial charge in [0, 0.05) is 32.4 Å². The van der Waals surface area contributed by atoms with Gasteiger partial charge in [-0.15, -0.1) is 11.3 Å². The van der Waals surface area contributed by atoms with E-state index in [2.05, 4.69) is 144 Å². The highest BCUT2D eigenvalue weighted by atomic mass is 32.1. The number of anilines is 3. The number of nitrogens with zero attached hydrogens (tertiary/aromatic N) is 2. The average molecular weight is 621 g/mol. The van der Waals surface area contributed by atoms with Crippen LogP contribution in [0.25, 0.3) is 65.0 Å². The van der Waals surface area contributed by atoms with Crippen molar-refractivity contribution in [3.8, 4) is 33.7 Å². The third-order valence-corrected chi connectivity index (χ3v) is 9.90. The van der Waals surface area contributed by atoms with E-state index in [1.165, 1.54) is 37.0 Å². The van der Waals surface area contributed by atoms with Crippen LogP contribution in [0.15, 0.2) is 174 Å². The molecule has 4 heteroatoms. The first-order valence-corrected chi connectivity index (χ1v) is 16.5. The highest BCUT2D eigenvalue weighted by molar-refractivity contribution is 7.26. The van der Waals surface area contributed by atoms with Crippen molar-refractivity contribution in [1.82, 2.24) is 4.98 Å². The lowest BCUT2D eigenvalue weighted by molar-refractivity contribution is 0.620. The van der Waals surface area contributed by atoms with Gasteiger partial charge in [-0.3, -0.25) is 0 Å². The molecule has 3 nitrogen and oxygen atoms in total. The molecule has 9 rings (SSSR count). The molecule has 0 N–H and O–H groups in total. The molecule has 222 valence electrons. The molecular formula is C43H28N2OS. The Kier molecular flexibility index (Phi) is 6.65. The second-order valence-corrected chi connectivity index (χ2v) is 12.6. The van der Waals surface area contributed by atoms with E-state index in [1.54, 1.807) is 11.3 Å². The van der Waals surface area contributed by atoms with Crippen LogP contribution in [-0.4, -0.2) is 4.98 Å². The van der Waals surface area contributed by atoms with E-state index in [-0.39, 0.29) is 0 Å². The van der Waals surface area contributed by atoms with Gasteiger partial charge in [-0.1, -0.05) is 115 Å². The van der Waals surface area contributed by atoms with Crippen molar-refractivity contribution in [2.75, 3.05) is 4.90 Å². The zero-order valence-corrected chi connectivity index (χ0v) is 26.2. The van der Waals surface area contributed by atoms with E-state index in [0.717, 1.165) is 39.1 Å². The van der Waals surface area contributed by atoms with Crippen LogP contribution in [0.3, 0.4) is 0 Å². The van der Waals surface area contributed by atoms with Gasteiger partial charge in [0.15, 0.2) is 5.58 Å². The SMILES string of the molecule is c1ccc(-c2ccc(N(c3cccc(-c4ccccc4)c3)c3cccc4c3sc3ccc5oc(-c6ccccc6)nc5c34)cc2)cc1. The maximum Gasteiger partial charge on any atom is 0.227 e. The number of thiophene rings is 1. The van der Waals surface area contributed by atoms with E-state index < -0.39 is 0 Å². The normalized spacial score (nSPS) is 11.4. The van der Waals surface area contributed by atoms with Crippen LogP contribution in [0.2, 0.25) is 0 Å². The maximum absolute atomic E-state index is 6.28. The summed E-state index contributed by atoms with van der Waals surface area (Å²) in [6.07, 6.45) is 0. The minimum absolute atomic E-state index is 0.640. The maximum atomic E-state index is 6.28. The smallest absolute Gasteiger partial charge is 0.227 e. The molecule has 7 aromatic carbocycles. The van der Waals surface area contributed by atoms with E-state index in [9.17, 15) is 0 Å². The van der Waals surface area contributed by atoms with Crippen LogP contribution in [0.5, 0.6) is 0 Å². The minimum Gasteiger partial charge on any atom is -0.436 e. The zero-order chi connectivity index (χ0) is 31.2. The van der Waals surface area contributed by atoms with Gasteiger partial charge in [-0.25, -0.2) is 4.98 Å². The molecule has 0 spiro atoms. The first-order chi connectivity index (χ1) is 23.3. The topological polar surface area (TPSA) is 29.3 Å². The Morgan fingerprint density at radius 2 is 1.11 bits per heavy atom. The molecule has 0 amide bonds. The fourth-order valence-electron chi connectivity index (χ4n) is 6.46. The van der Waals surface area contributed by atoms with Gasteiger partial charge in [-0.2, -0.15) is 0 Å². The van der Waals surface area contributed by atoms with E-state index in [1.807, 2.05) is 30.3 Å². The monoisotopic (exact) mass is 620 g/mol. The van der Waals surface area contributed by atoms with Crippen molar-refractivity contribution < 1.29 is 4.42 Å².